The summed E-state index contributed by atoms with van der Waals surface area (Å²) in [5.41, 5.74) is 1.93. The third-order valence-corrected chi connectivity index (χ3v) is 3.04. The van der Waals surface area contributed by atoms with Crippen molar-refractivity contribution < 1.29 is 14.3 Å². The number of methoxy groups -OCH3 is 1. The quantitative estimate of drug-likeness (QED) is 0.757. The van der Waals surface area contributed by atoms with E-state index in [1.165, 1.54) is 0 Å². The summed E-state index contributed by atoms with van der Waals surface area (Å²) >= 11 is 3.40. The molecule has 1 amide bonds. The zero-order valence-electron chi connectivity index (χ0n) is 10.9. The van der Waals surface area contributed by atoms with Crippen molar-refractivity contribution in [2.24, 2.45) is 0 Å². The summed E-state index contributed by atoms with van der Waals surface area (Å²) in [6.45, 7) is 2.95. The van der Waals surface area contributed by atoms with Gasteiger partial charge in [0.25, 0.3) is 5.91 Å². The Hall–Kier alpha value is -0.910. The van der Waals surface area contributed by atoms with Crippen LogP contribution in [0.1, 0.15) is 5.56 Å². The third-order valence-electron chi connectivity index (χ3n) is 2.55. The van der Waals surface area contributed by atoms with Gasteiger partial charge in [0.1, 0.15) is 6.61 Å². The first kappa shape index (κ1) is 15.1. The molecule has 5 heteroatoms. The minimum absolute atomic E-state index is 0.0648. The molecular weight excluding hydrogens is 298 g/mol. The minimum Gasteiger partial charge on any atom is -0.382 e. The van der Waals surface area contributed by atoms with Crippen molar-refractivity contribution in [2.75, 3.05) is 38.9 Å². The fourth-order valence-corrected chi connectivity index (χ4v) is 2.00. The molecule has 0 aliphatic carbocycles. The van der Waals surface area contributed by atoms with Gasteiger partial charge in [-0.25, -0.2) is 0 Å². The number of hydrogen-bond donors (Lipinski definition) is 0. The number of ether oxygens (including phenoxy) is 2. The molecule has 0 aliphatic heterocycles. The molecule has 0 atom stereocenters. The molecule has 0 aromatic heterocycles. The maximum atomic E-state index is 11.9. The Labute approximate surface area is 116 Å². The Kier molecular flexibility index (Phi) is 6.32. The molecule has 0 aliphatic rings. The van der Waals surface area contributed by atoms with E-state index in [4.69, 9.17) is 9.47 Å². The summed E-state index contributed by atoms with van der Waals surface area (Å²) in [4.78, 5) is 13.5. The summed E-state index contributed by atoms with van der Waals surface area (Å²) in [5, 5.41) is 0. The molecule has 0 radical (unpaired) electrons. The van der Waals surface area contributed by atoms with Gasteiger partial charge in [0.15, 0.2) is 0 Å². The molecule has 1 aromatic carbocycles. The summed E-state index contributed by atoms with van der Waals surface area (Å²) in [6, 6.07) is 5.80. The molecule has 0 bridgehead atoms. The molecule has 100 valence electrons. The summed E-state index contributed by atoms with van der Waals surface area (Å²) in [6.07, 6.45) is 0. The maximum Gasteiger partial charge on any atom is 0.252 e. The maximum absolute atomic E-state index is 11.9. The molecular formula is C13H18BrNO3. The number of nitrogens with zero attached hydrogens (tertiary/aromatic N) is 1. The second-order valence-electron chi connectivity index (χ2n) is 3.93. The third kappa shape index (κ3) is 4.40. The van der Waals surface area contributed by atoms with Gasteiger partial charge in [-0.1, -0.05) is 15.9 Å². The first-order chi connectivity index (χ1) is 8.56. The van der Waals surface area contributed by atoms with E-state index in [0.717, 1.165) is 15.7 Å². The van der Waals surface area contributed by atoms with Crippen LogP contribution in [0.5, 0.6) is 0 Å². The van der Waals surface area contributed by atoms with E-state index in [9.17, 15) is 4.79 Å². The number of aryl methyl sites for hydroxylation is 1. The van der Waals surface area contributed by atoms with Crippen molar-refractivity contribution in [1.82, 2.24) is 0 Å². The second kappa shape index (κ2) is 7.51. The van der Waals surface area contributed by atoms with Gasteiger partial charge >= 0.3 is 0 Å². The lowest BCUT2D eigenvalue weighted by atomic mass is 10.2. The highest BCUT2D eigenvalue weighted by molar-refractivity contribution is 9.10. The monoisotopic (exact) mass is 315 g/mol. The van der Waals surface area contributed by atoms with E-state index in [-0.39, 0.29) is 12.5 Å². The number of amides is 1. The molecule has 4 nitrogen and oxygen atoms in total. The average molecular weight is 316 g/mol. The lowest BCUT2D eigenvalue weighted by Crippen LogP contribution is -2.31. The van der Waals surface area contributed by atoms with Crippen LogP contribution in [0.15, 0.2) is 22.7 Å². The normalized spacial score (nSPS) is 10.4. The van der Waals surface area contributed by atoms with Crippen LogP contribution in [-0.2, 0) is 14.3 Å². The van der Waals surface area contributed by atoms with Crippen molar-refractivity contribution >= 4 is 27.5 Å². The first-order valence-corrected chi connectivity index (χ1v) is 6.45. The molecule has 0 fully saturated rings. The van der Waals surface area contributed by atoms with Crippen LogP contribution in [0.25, 0.3) is 0 Å². The SMILES string of the molecule is COCCOCC(=O)N(C)c1ccc(Br)cc1C. The smallest absolute Gasteiger partial charge is 0.252 e. The summed E-state index contributed by atoms with van der Waals surface area (Å²) in [7, 11) is 3.35. The number of carbonyl (C=O) groups is 1. The van der Waals surface area contributed by atoms with Crippen molar-refractivity contribution in [1.29, 1.82) is 0 Å². The molecule has 1 rings (SSSR count). The van der Waals surface area contributed by atoms with Gasteiger partial charge in [-0.05, 0) is 30.7 Å². The van der Waals surface area contributed by atoms with Crippen molar-refractivity contribution in [3.63, 3.8) is 0 Å². The fourth-order valence-electron chi connectivity index (χ4n) is 1.53. The predicted molar refractivity (Wildman–Crippen MR) is 75.0 cm³/mol. The van der Waals surface area contributed by atoms with Gasteiger partial charge < -0.3 is 14.4 Å². The molecule has 0 saturated heterocycles. The first-order valence-electron chi connectivity index (χ1n) is 5.65. The number of halogens is 1. The van der Waals surface area contributed by atoms with Crippen LogP contribution in [-0.4, -0.2) is 39.9 Å². The number of benzene rings is 1. The second-order valence-corrected chi connectivity index (χ2v) is 4.84. The zero-order chi connectivity index (χ0) is 13.5. The standard InChI is InChI=1S/C13H18BrNO3/c1-10-8-11(14)4-5-12(10)15(2)13(16)9-18-7-6-17-3/h4-5,8H,6-7,9H2,1-3H3. The van der Waals surface area contributed by atoms with Crippen LogP contribution < -0.4 is 4.90 Å². The Balaban J connectivity index is 2.57. The summed E-state index contributed by atoms with van der Waals surface area (Å²) < 4.78 is 11.1. The van der Waals surface area contributed by atoms with Gasteiger partial charge in [0.05, 0.1) is 13.2 Å². The van der Waals surface area contributed by atoms with Crippen LogP contribution >= 0.6 is 15.9 Å². The van der Waals surface area contributed by atoms with E-state index in [1.807, 2.05) is 25.1 Å². The predicted octanol–water partition coefficient (Wildman–Crippen LogP) is 2.38. The van der Waals surface area contributed by atoms with Crippen LogP contribution in [0.3, 0.4) is 0 Å². The summed E-state index contributed by atoms with van der Waals surface area (Å²) in [5.74, 6) is -0.0727. The highest BCUT2D eigenvalue weighted by Crippen LogP contribution is 2.22. The molecule has 18 heavy (non-hydrogen) atoms. The molecule has 0 N–H and O–H groups in total. The molecule has 0 heterocycles. The van der Waals surface area contributed by atoms with E-state index in [1.54, 1.807) is 19.1 Å². The highest BCUT2D eigenvalue weighted by atomic mass is 79.9. The number of hydrogen-bond acceptors (Lipinski definition) is 3. The number of likely N-dealkylation sites (N-methyl/N-ethyl adjacent to an activating group) is 1. The molecule has 0 spiro atoms. The molecule has 0 unspecified atom stereocenters. The average Bonchev–Trinajstić information content (AvgIpc) is 2.33. The van der Waals surface area contributed by atoms with Crippen molar-refractivity contribution in [3.8, 4) is 0 Å². The van der Waals surface area contributed by atoms with Gasteiger partial charge in [-0.15, -0.1) is 0 Å². The molecule has 0 saturated carbocycles. The van der Waals surface area contributed by atoms with E-state index < -0.39 is 0 Å². The Morgan fingerprint density at radius 2 is 2.11 bits per heavy atom. The van der Waals surface area contributed by atoms with E-state index in [2.05, 4.69) is 15.9 Å². The van der Waals surface area contributed by atoms with Gasteiger partial charge in [-0.3, -0.25) is 4.79 Å². The Morgan fingerprint density at radius 3 is 2.72 bits per heavy atom. The van der Waals surface area contributed by atoms with Crippen LogP contribution in [0, 0.1) is 6.92 Å². The van der Waals surface area contributed by atoms with Crippen LogP contribution in [0.2, 0.25) is 0 Å². The zero-order valence-corrected chi connectivity index (χ0v) is 12.5. The topological polar surface area (TPSA) is 38.8 Å². The number of anilines is 1. The highest BCUT2D eigenvalue weighted by Gasteiger charge is 2.13. The van der Waals surface area contributed by atoms with Crippen molar-refractivity contribution in [3.05, 3.63) is 28.2 Å². The van der Waals surface area contributed by atoms with Crippen LogP contribution in [0.4, 0.5) is 5.69 Å². The fraction of sp³-hybridized carbons (Fsp3) is 0.462. The Morgan fingerprint density at radius 1 is 1.39 bits per heavy atom. The van der Waals surface area contributed by atoms with Gasteiger partial charge in [0, 0.05) is 24.3 Å². The minimum atomic E-state index is -0.0727. The lowest BCUT2D eigenvalue weighted by Gasteiger charge is -2.19. The Bertz CT molecular complexity index is 409. The van der Waals surface area contributed by atoms with Crippen molar-refractivity contribution in [2.45, 2.75) is 6.92 Å². The van der Waals surface area contributed by atoms with Gasteiger partial charge in [0.2, 0.25) is 0 Å². The molecule has 1 aromatic rings. The number of carbonyl (C=O) groups excluding carboxylic acids is 1. The van der Waals surface area contributed by atoms with Gasteiger partial charge in [-0.2, -0.15) is 0 Å². The number of rotatable bonds is 6. The largest absolute Gasteiger partial charge is 0.382 e. The van der Waals surface area contributed by atoms with E-state index >= 15 is 0 Å². The van der Waals surface area contributed by atoms with E-state index in [0.29, 0.717) is 13.2 Å². The lowest BCUT2D eigenvalue weighted by molar-refractivity contribution is -0.123.